The van der Waals surface area contributed by atoms with Gasteiger partial charge in [-0.05, 0) is 105 Å². The summed E-state index contributed by atoms with van der Waals surface area (Å²) in [6.07, 6.45) is 42.0. The fraction of sp³-hybridized carbons (Fsp3) is 0.182. The lowest BCUT2D eigenvalue weighted by Gasteiger charge is -2.15. The van der Waals surface area contributed by atoms with Crippen LogP contribution in [0.25, 0.3) is 11.1 Å². The van der Waals surface area contributed by atoms with E-state index in [4.69, 9.17) is 0 Å². The van der Waals surface area contributed by atoms with Crippen molar-refractivity contribution in [2.75, 3.05) is 0 Å². The summed E-state index contributed by atoms with van der Waals surface area (Å²) in [5.41, 5.74) is 13.5. The number of benzene rings is 2. The van der Waals surface area contributed by atoms with Crippen LogP contribution in [0.4, 0.5) is 0 Å². The predicted octanol–water partition coefficient (Wildman–Crippen LogP) is 11.0. The molecule has 0 aromatic heterocycles. The van der Waals surface area contributed by atoms with E-state index in [1.165, 1.54) is 68.6 Å². The first-order chi connectivity index (χ1) is 21.8. The Morgan fingerprint density at radius 3 is 2.20 bits per heavy atom. The highest BCUT2D eigenvalue weighted by Gasteiger charge is 2.44. The van der Waals surface area contributed by atoms with E-state index in [9.17, 15) is 0 Å². The van der Waals surface area contributed by atoms with Crippen LogP contribution in [-0.4, -0.2) is 0 Å². The Kier molecular flexibility index (Phi) is 7.20. The molecule has 4 atom stereocenters. The molecule has 0 nitrogen and oxygen atoms in total. The molecule has 0 saturated heterocycles. The highest BCUT2D eigenvalue weighted by Crippen LogP contribution is 2.54. The number of hydrogen-bond acceptors (Lipinski definition) is 0. The van der Waals surface area contributed by atoms with E-state index in [-0.39, 0.29) is 0 Å². The predicted molar refractivity (Wildman–Crippen MR) is 186 cm³/mol. The Morgan fingerprint density at radius 2 is 1.41 bits per heavy atom. The third-order valence-corrected chi connectivity index (χ3v) is 9.76. The monoisotopic (exact) mass is 566 g/mol. The van der Waals surface area contributed by atoms with Gasteiger partial charge in [0.15, 0.2) is 0 Å². The van der Waals surface area contributed by atoms with Crippen LogP contribution in [0.5, 0.6) is 0 Å². The van der Waals surface area contributed by atoms with Crippen molar-refractivity contribution in [2.45, 2.75) is 25.7 Å². The molecule has 44 heavy (non-hydrogen) atoms. The average molecular weight is 567 g/mol. The average Bonchev–Trinajstić information content (AvgIpc) is 3.97. The van der Waals surface area contributed by atoms with E-state index >= 15 is 0 Å². The fourth-order valence-electron chi connectivity index (χ4n) is 7.10. The maximum atomic E-state index is 2.50. The fourth-order valence-corrected chi connectivity index (χ4v) is 7.10. The summed E-state index contributed by atoms with van der Waals surface area (Å²) in [7, 11) is 0. The summed E-state index contributed by atoms with van der Waals surface area (Å²) < 4.78 is 0. The molecule has 0 N–H and O–H groups in total. The normalized spacial score (nSPS) is 27.0. The van der Waals surface area contributed by atoms with Gasteiger partial charge in [-0.15, -0.1) is 0 Å². The van der Waals surface area contributed by atoms with Crippen molar-refractivity contribution in [3.63, 3.8) is 0 Å². The van der Waals surface area contributed by atoms with Crippen molar-refractivity contribution in [2.24, 2.45) is 23.7 Å². The number of allylic oxidation sites excluding steroid dienone is 24. The molecule has 0 aliphatic heterocycles. The molecular formula is C44H38. The van der Waals surface area contributed by atoms with E-state index in [1.54, 1.807) is 0 Å². The van der Waals surface area contributed by atoms with E-state index in [2.05, 4.69) is 158 Å². The minimum atomic E-state index is 0.599. The second kappa shape index (κ2) is 11.8. The van der Waals surface area contributed by atoms with Crippen LogP contribution in [0.3, 0.4) is 0 Å². The zero-order valence-electron chi connectivity index (χ0n) is 25.1. The maximum absolute atomic E-state index is 2.50. The quantitative estimate of drug-likeness (QED) is 0.313. The standard InChI is InChI=1S/C44H38/c1-2-6-14-33(13-5-1)42(34-17-9-4-10-18-34)29-38-24-25-40(44-30-43(38)44)35-19-11-12-31(20-21-35)26-41(32-15-7-3-8-16-32)37-23-22-36-27-39(36)28-37/h1,3-11,13-26,28-29,36,39,43-44H,2,12,27,30H2/b41-26+,42-29+. The minimum Gasteiger partial charge on any atom is -0.0807 e. The first-order valence-electron chi connectivity index (χ1n) is 16.3. The zero-order valence-corrected chi connectivity index (χ0v) is 25.1. The van der Waals surface area contributed by atoms with Gasteiger partial charge in [0.25, 0.3) is 0 Å². The van der Waals surface area contributed by atoms with Gasteiger partial charge in [0.05, 0.1) is 0 Å². The molecule has 4 unspecified atom stereocenters. The van der Waals surface area contributed by atoms with Crippen LogP contribution in [0.1, 0.15) is 36.8 Å². The van der Waals surface area contributed by atoms with Crippen LogP contribution in [0.2, 0.25) is 0 Å². The topological polar surface area (TPSA) is 0 Å². The number of hydrogen-bond donors (Lipinski definition) is 0. The van der Waals surface area contributed by atoms with E-state index in [0.717, 1.165) is 24.7 Å². The highest BCUT2D eigenvalue weighted by molar-refractivity contribution is 5.85. The van der Waals surface area contributed by atoms with Gasteiger partial charge >= 0.3 is 0 Å². The van der Waals surface area contributed by atoms with E-state index < -0.39 is 0 Å². The molecule has 2 fully saturated rings. The zero-order chi connectivity index (χ0) is 29.3. The lowest BCUT2D eigenvalue weighted by molar-refractivity contribution is 0.893. The van der Waals surface area contributed by atoms with Gasteiger partial charge in [-0.3, -0.25) is 0 Å². The molecule has 0 heterocycles. The van der Waals surface area contributed by atoms with Crippen molar-refractivity contribution in [3.05, 3.63) is 202 Å². The molecular weight excluding hydrogens is 528 g/mol. The van der Waals surface area contributed by atoms with Gasteiger partial charge in [0, 0.05) is 0 Å². The van der Waals surface area contributed by atoms with Gasteiger partial charge < -0.3 is 0 Å². The Balaban J connectivity index is 1.10. The Hall–Kier alpha value is -4.68. The SMILES string of the molecule is C1=CCC=CC(/C(=C\C2=CC=C(C3=CC=C(/C=C(/C4=CC5CC5C=C4)c4ccccc4)CC=C3)C3CC23)c2ccccc2)=C1. The second-order valence-corrected chi connectivity index (χ2v) is 12.8. The molecule has 0 spiro atoms. The molecule has 2 aromatic rings. The molecule has 0 heteroatoms. The van der Waals surface area contributed by atoms with Gasteiger partial charge in [-0.25, -0.2) is 0 Å². The third-order valence-electron chi connectivity index (χ3n) is 9.76. The van der Waals surface area contributed by atoms with Gasteiger partial charge in [0.1, 0.15) is 0 Å². The molecule has 2 saturated carbocycles. The van der Waals surface area contributed by atoms with Crippen molar-refractivity contribution >= 4 is 11.1 Å². The summed E-state index contributed by atoms with van der Waals surface area (Å²) in [4.78, 5) is 0. The van der Waals surface area contributed by atoms with Gasteiger partial charge in [-0.1, -0.05) is 158 Å². The lowest BCUT2D eigenvalue weighted by Crippen LogP contribution is -2.00. The van der Waals surface area contributed by atoms with Crippen molar-refractivity contribution in [3.8, 4) is 0 Å². The van der Waals surface area contributed by atoms with Crippen LogP contribution in [0, 0.1) is 23.7 Å². The molecule has 2 aromatic carbocycles. The number of rotatable bonds is 7. The Labute approximate surface area is 262 Å². The largest absolute Gasteiger partial charge is 0.0807 e. The second-order valence-electron chi connectivity index (χ2n) is 12.8. The molecule has 0 amide bonds. The molecule has 0 bridgehead atoms. The molecule has 0 radical (unpaired) electrons. The van der Waals surface area contributed by atoms with Crippen LogP contribution < -0.4 is 0 Å². The molecule has 8 rings (SSSR count). The highest BCUT2D eigenvalue weighted by atomic mass is 14.5. The van der Waals surface area contributed by atoms with Gasteiger partial charge in [-0.2, -0.15) is 0 Å². The van der Waals surface area contributed by atoms with Crippen LogP contribution in [0.15, 0.2) is 191 Å². The molecule has 6 aliphatic rings. The van der Waals surface area contributed by atoms with Gasteiger partial charge in [0.2, 0.25) is 0 Å². The summed E-state index contributed by atoms with van der Waals surface area (Å²) in [5, 5.41) is 0. The van der Waals surface area contributed by atoms with Crippen LogP contribution in [-0.2, 0) is 0 Å². The smallest absolute Gasteiger partial charge is 0.00809 e. The summed E-state index contributed by atoms with van der Waals surface area (Å²) in [6, 6.07) is 21.7. The Bertz CT molecular complexity index is 1830. The lowest BCUT2D eigenvalue weighted by atomic mass is 9.89. The summed E-state index contributed by atoms with van der Waals surface area (Å²) in [5.74, 6) is 2.71. The Morgan fingerprint density at radius 1 is 0.614 bits per heavy atom. The van der Waals surface area contributed by atoms with E-state index in [1.807, 2.05) is 0 Å². The molecule has 214 valence electrons. The minimum absolute atomic E-state index is 0.599. The van der Waals surface area contributed by atoms with Crippen molar-refractivity contribution in [1.82, 2.24) is 0 Å². The maximum Gasteiger partial charge on any atom is -0.00809 e. The van der Waals surface area contributed by atoms with E-state index in [0.29, 0.717) is 11.8 Å². The first kappa shape index (κ1) is 26.9. The van der Waals surface area contributed by atoms with Crippen molar-refractivity contribution in [1.29, 1.82) is 0 Å². The first-order valence-corrected chi connectivity index (χ1v) is 16.3. The molecule has 6 aliphatic carbocycles. The number of fused-ring (bicyclic) bond motifs is 2. The third kappa shape index (κ3) is 5.65. The summed E-state index contributed by atoms with van der Waals surface area (Å²) in [6.45, 7) is 0. The summed E-state index contributed by atoms with van der Waals surface area (Å²) >= 11 is 0. The van der Waals surface area contributed by atoms with Crippen LogP contribution >= 0.6 is 0 Å². The van der Waals surface area contributed by atoms with Crippen molar-refractivity contribution < 1.29 is 0 Å².